The monoisotopic (exact) mass is 420 g/mol. The van der Waals surface area contributed by atoms with E-state index in [4.69, 9.17) is 4.74 Å². The van der Waals surface area contributed by atoms with E-state index in [2.05, 4.69) is 5.32 Å². The van der Waals surface area contributed by atoms with Crippen LogP contribution in [0.3, 0.4) is 0 Å². The summed E-state index contributed by atoms with van der Waals surface area (Å²) in [5.74, 6) is -1.07. The molecule has 2 amide bonds. The van der Waals surface area contributed by atoms with E-state index in [1.165, 1.54) is 0 Å². The van der Waals surface area contributed by atoms with Crippen molar-refractivity contribution in [2.75, 3.05) is 25.5 Å². The molecule has 0 aromatic heterocycles. The van der Waals surface area contributed by atoms with Crippen LogP contribution in [0.2, 0.25) is 0 Å². The number of anilines is 1. The van der Waals surface area contributed by atoms with Crippen LogP contribution in [0.1, 0.15) is 19.3 Å². The second-order valence-electron chi connectivity index (χ2n) is 7.27. The fourth-order valence-electron chi connectivity index (χ4n) is 3.49. The zero-order valence-electron chi connectivity index (χ0n) is 16.5. The Bertz CT molecular complexity index is 897. The van der Waals surface area contributed by atoms with Crippen LogP contribution in [-0.4, -0.2) is 43.1 Å². The van der Waals surface area contributed by atoms with Gasteiger partial charge in [0.25, 0.3) is 0 Å². The van der Waals surface area contributed by atoms with Crippen molar-refractivity contribution in [3.8, 4) is 16.9 Å². The van der Waals surface area contributed by atoms with Crippen molar-refractivity contribution in [1.29, 1.82) is 0 Å². The molecule has 30 heavy (non-hydrogen) atoms. The fourth-order valence-corrected chi connectivity index (χ4v) is 3.49. The number of hydrogen-bond acceptors (Lipinski definition) is 3. The minimum Gasteiger partial charge on any atom is -0.497 e. The number of hydrogen-bond donors (Lipinski definition) is 1. The number of likely N-dealkylation sites (tertiary alicyclic amines) is 1. The van der Waals surface area contributed by atoms with Crippen molar-refractivity contribution in [1.82, 2.24) is 4.90 Å². The van der Waals surface area contributed by atoms with Crippen LogP contribution < -0.4 is 10.1 Å². The minimum atomic E-state index is -4.54. The number of ether oxygens (including phenoxy) is 1. The van der Waals surface area contributed by atoms with Crippen LogP contribution in [0, 0.1) is 5.92 Å². The normalized spacial score (nSPS) is 16.8. The lowest BCUT2D eigenvalue weighted by Gasteiger charge is -2.32. The van der Waals surface area contributed by atoms with Gasteiger partial charge in [0.2, 0.25) is 11.8 Å². The maximum atomic E-state index is 12.6. The number of piperidine rings is 1. The summed E-state index contributed by atoms with van der Waals surface area (Å²) in [6, 6.07) is 14.9. The Labute approximate surface area is 172 Å². The summed E-state index contributed by atoms with van der Waals surface area (Å²) in [6.45, 7) is 0.247. The summed E-state index contributed by atoms with van der Waals surface area (Å²) in [4.78, 5) is 25.5. The topological polar surface area (TPSA) is 58.6 Å². The molecule has 160 valence electrons. The Hall–Kier alpha value is -3.03. The van der Waals surface area contributed by atoms with Crippen LogP contribution in [-0.2, 0) is 9.59 Å². The minimum absolute atomic E-state index is 0.00262. The first kappa shape index (κ1) is 21.7. The SMILES string of the molecule is COc1cccc(-c2ccc(NC(=O)C3CCCN(C(=O)CC(F)(F)F)C3)cc2)c1. The largest absolute Gasteiger partial charge is 0.497 e. The number of halogens is 3. The molecule has 0 aliphatic carbocycles. The van der Waals surface area contributed by atoms with E-state index in [-0.39, 0.29) is 19.0 Å². The number of carbonyl (C=O) groups is 2. The molecular formula is C22H23F3N2O3. The predicted molar refractivity (Wildman–Crippen MR) is 107 cm³/mol. The van der Waals surface area contributed by atoms with Gasteiger partial charge >= 0.3 is 6.18 Å². The predicted octanol–water partition coefficient (Wildman–Crippen LogP) is 4.49. The molecule has 1 atom stereocenters. The molecule has 3 rings (SSSR count). The smallest absolute Gasteiger partial charge is 0.397 e. The van der Waals surface area contributed by atoms with E-state index in [0.717, 1.165) is 21.8 Å². The quantitative estimate of drug-likeness (QED) is 0.775. The zero-order chi connectivity index (χ0) is 21.7. The number of rotatable bonds is 5. The van der Waals surface area contributed by atoms with Crippen molar-refractivity contribution in [2.45, 2.75) is 25.4 Å². The molecule has 1 aliphatic rings. The van der Waals surface area contributed by atoms with Crippen molar-refractivity contribution in [3.63, 3.8) is 0 Å². The third kappa shape index (κ3) is 5.75. The maximum Gasteiger partial charge on any atom is 0.397 e. The Morgan fingerprint density at radius 3 is 2.53 bits per heavy atom. The average Bonchev–Trinajstić information content (AvgIpc) is 2.73. The van der Waals surface area contributed by atoms with E-state index >= 15 is 0 Å². The second-order valence-corrected chi connectivity index (χ2v) is 7.27. The molecule has 2 aromatic carbocycles. The second kappa shape index (κ2) is 9.19. The lowest BCUT2D eigenvalue weighted by Crippen LogP contribution is -2.44. The summed E-state index contributed by atoms with van der Waals surface area (Å²) < 4.78 is 42.6. The van der Waals surface area contributed by atoms with Gasteiger partial charge in [0, 0.05) is 18.8 Å². The highest BCUT2D eigenvalue weighted by atomic mass is 19.4. The van der Waals surface area contributed by atoms with E-state index in [0.29, 0.717) is 18.5 Å². The molecule has 0 saturated carbocycles. The van der Waals surface area contributed by atoms with Gasteiger partial charge in [-0.1, -0.05) is 24.3 Å². The van der Waals surface area contributed by atoms with Crippen LogP contribution in [0.5, 0.6) is 5.75 Å². The third-order valence-corrected chi connectivity index (χ3v) is 5.05. The molecule has 1 unspecified atom stereocenters. The summed E-state index contributed by atoms with van der Waals surface area (Å²) in [5, 5.41) is 2.80. The number of methoxy groups -OCH3 is 1. The van der Waals surface area contributed by atoms with E-state index in [1.54, 1.807) is 19.2 Å². The average molecular weight is 420 g/mol. The molecule has 5 nitrogen and oxygen atoms in total. The lowest BCUT2D eigenvalue weighted by atomic mass is 9.96. The molecule has 1 N–H and O–H groups in total. The zero-order valence-corrected chi connectivity index (χ0v) is 16.5. The van der Waals surface area contributed by atoms with Gasteiger partial charge in [0.05, 0.1) is 13.0 Å². The molecule has 8 heteroatoms. The van der Waals surface area contributed by atoms with E-state index in [9.17, 15) is 22.8 Å². The van der Waals surface area contributed by atoms with E-state index in [1.807, 2.05) is 36.4 Å². The van der Waals surface area contributed by atoms with Gasteiger partial charge in [0.1, 0.15) is 12.2 Å². The number of amides is 2. The van der Waals surface area contributed by atoms with Gasteiger partial charge < -0.3 is 15.0 Å². The Morgan fingerprint density at radius 1 is 1.13 bits per heavy atom. The summed E-state index contributed by atoms with van der Waals surface area (Å²) >= 11 is 0. The highest BCUT2D eigenvalue weighted by Crippen LogP contribution is 2.27. The molecule has 1 aliphatic heterocycles. The highest BCUT2D eigenvalue weighted by Gasteiger charge is 2.36. The van der Waals surface area contributed by atoms with Crippen LogP contribution in [0.4, 0.5) is 18.9 Å². The van der Waals surface area contributed by atoms with Gasteiger partial charge in [-0.2, -0.15) is 13.2 Å². The fraction of sp³-hybridized carbons (Fsp3) is 0.364. The summed E-state index contributed by atoms with van der Waals surface area (Å²) in [5.41, 5.74) is 2.51. The van der Waals surface area contributed by atoms with E-state index < -0.39 is 24.4 Å². The molecule has 0 bridgehead atoms. The highest BCUT2D eigenvalue weighted by molar-refractivity contribution is 5.93. The summed E-state index contributed by atoms with van der Waals surface area (Å²) in [7, 11) is 1.60. The van der Waals surface area contributed by atoms with Crippen LogP contribution in [0.25, 0.3) is 11.1 Å². The van der Waals surface area contributed by atoms with Gasteiger partial charge in [-0.3, -0.25) is 9.59 Å². The van der Waals surface area contributed by atoms with Gasteiger partial charge in [0.15, 0.2) is 0 Å². The first-order chi connectivity index (χ1) is 14.2. The Morgan fingerprint density at radius 2 is 1.87 bits per heavy atom. The third-order valence-electron chi connectivity index (χ3n) is 5.05. The van der Waals surface area contributed by atoms with Crippen molar-refractivity contribution in [2.24, 2.45) is 5.92 Å². The number of benzene rings is 2. The molecule has 0 radical (unpaired) electrons. The Balaban J connectivity index is 1.60. The van der Waals surface area contributed by atoms with Gasteiger partial charge in [-0.05, 0) is 48.2 Å². The molecule has 1 heterocycles. The number of alkyl halides is 3. The van der Waals surface area contributed by atoms with Crippen molar-refractivity contribution >= 4 is 17.5 Å². The molecule has 1 fully saturated rings. The van der Waals surface area contributed by atoms with Crippen LogP contribution in [0.15, 0.2) is 48.5 Å². The first-order valence-electron chi connectivity index (χ1n) is 9.65. The number of nitrogens with one attached hydrogen (secondary N) is 1. The number of carbonyl (C=O) groups excluding carboxylic acids is 2. The Kier molecular flexibility index (Phi) is 6.64. The number of nitrogens with zero attached hydrogens (tertiary/aromatic N) is 1. The van der Waals surface area contributed by atoms with Crippen molar-refractivity contribution in [3.05, 3.63) is 48.5 Å². The molecule has 2 aromatic rings. The first-order valence-corrected chi connectivity index (χ1v) is 9.65. The van der Waals surface area contributed by atoms with Crippen molar-refractivity contribution < 1.29 is 27.5 Å². The standard InChI is InChI=1S/C22H23F3N2O3/c1-30-19-6-2-4-16(12-19)15-7-9-18(10-8-15)26-21(29)17-5-3-11-27(14-17)20(28)13-22(23,24)25/h2,4,6-10,12,17H,3,5,11,13-14H2,1H3,(H,26,29). The molecule has 1 saturated heterocycles. The summed E-state index contributed by atoms with van der Waals surface area (Å²) in [6.07, 6.45) is -5.01. The van der Waals surface area contributed by atoms with Gasteiger partial charge in [-0.15, -0.1) is 0 Å². The van der Waals surface area contributed by atoms with Gasteiger partial charge in [-0.25, -0.2) is 0 Å². The lowest BCUT2D eigenvalue weighted by molar-refractivity contribution is -0.162. The molecular weight excluding hydrogens is 397 g/mol. The maximum absolute atomic E-state index is 12.6. The van der Waals surface area contributed by atoms with Crippen LogP contribution >= 0.6 is 0 Å². The molecule has 0 spiro atoms.